The first kappa shape index (κ1) is 8.00. The van der Waals surface area contributed by atoms with Gasteiger partial charge in [-0.15, -0.1) is 0 Å². The summed E-state index contributed by atoms with van der Waals surface area (Å²) in [6.07, 6.45) is -1.31. The summed E-state index contributed by atoms with van der Waals surface area (Å²) in [4.78, 5) is 15.9. The number of halogens is 3. The third-order valence-electron chi connectivity index (χ3n) is 0.869. The van der Waals surface area contributed by atoms with E-state index in [1.54, 1.807) is 0 Å². The largest absolute Gasteiger partial charge is 0.311 e. The summed E-state index contributed by atoms with van der Waals surface area (Å²) in [5, 5.41) is -1.02. The van der Waals surface area contributed by atoms with E-state index in [2.05, 4.69) is 9.97 Å². The number of hydrogen-bond donors (Lipinski definition) is 0. The van der Waals surface area contributed by atoms with Gasteiger partial charge in [-0.1, -0.05) is 0 Å². The standard InChI is InChI=1S/C5HClF2N2O/c6-4(11)2-1-3(7)10-5(8)9-2/h1H. The van der Waals surface area contributed by atoms with Gasteiger partial charge in [-0.3, -0.25) is 4.79 Å². The molecule has 1 heterocycles. The monoisotopic (exact) mass is 178 g/mol. The van der Waals surface area contributed by atoms with Crippen LogP contribution < -0.4 is 0 Å². The SMILES string of the molecule is O=C(Cl)c1cc(F)nc(F)n1. The number of hydrogen-bond acceptors (Lipinski definition) is 3. The van der Waals surface area contributed by atoms with Crippen molar-refractivity contribution in [1.82, 2.24) is 9.97 Å². The predicted octanol–water partition coefficient (Wildman–Crippen LogP) is 1.13. The highest BCUT2D eigenvalue weighted by Gasteiger charge is 2.08. The Morgan fingerprint density at radius 1 is 1.45 bits per heavy atom. The maximum atomic E-state index is 12.2. The van der Waals surface area contributed by atoms with Crippen LogP contribution in [0.15, 0.2) is 6.07 Å². The third-order valence-corrected chi connectivity index (χ3v) is 1.06. The van der Waals surface area contributed by atoms with Crippen molar-refractivity contribution in [3.63, 3.8) is 0 Å². The molecular weight excluding hydrogens is 178 g/mol. The molecular formula is C5HClF2N2O. The van der Waals surface area contributed by atoms with Crippen LogP contribution in [-0.4, -0.2) is 15.2 Å². The minimum Gasteiger partial charge on any atom is -0.274 e. The van der Waals surface area contributed by atoms with Crippen LogP contribution in [0.1, 0.15) is 10.5 Å². The first-order valence-electron chi connectivity index (χ1n) is 2.49. The van der Waals surface area contributed by atoms with Crippen LogP contribution in [0.2, 0.25) is 0 Å². The van der Waals surface area contributed by atoms with Gasteiger partial charge in [0, 0.05) is 6.07 Å². The second kappa shape index (κ2) is 2.87. The van der Waals surface area contributed by atoms with E-state index in [0.717, 1.165) is 0 Å². The van der Waals surface area contributed by atoms with Crippen molar-refractivity contribution >= 4 is 16.8 Å². The Kier molecular flexibility index (Phi) is 2.09. The molecule has 1 aromatic heterocycles. The number of nitrogens with zero attached hydrogens (tertiary/aromatic N) is 2. The van der Waals surface area contributed by atoms with Gasteiger partial charge >= 0.3 is 6.08 Å². The molecule has 0 bridgehead atoms. The molecule has 0 spiro atoms. The van der Waals surface area contributed by atoms with Gasteiger partial charge in [0.1, 0.15) is 5.69 Å². The first-order valence-corrected chi connectivity index (χ1v) is 2.87. The molecule has 3 nitrogen and oxygen atoms in total. The second-order valence-electron chi connectivity index (χ2n) is 1.62. The molecule has 0 radical (unpaired) electrons. The molecule has 0 saturated heterocycles. The molecule has 6 heteroatoms. The minimum atomic E-state index is -1.31. The smallest absolute Gasteiger partial charge is 0.274 e. The Hall–Kier alpha value is -1.10. The van der Waals surface area contributed by atoms with Crippen LogP contribution in [0.4, 0.5) is 8.78 Å². The summed E-state index contributed by atoms with van der Waals surface area (Å²) < 4.78 is 24.3. The van der Waals surface area contributed by atoms with Crippen LogP contribution in [-0.2, 0) is 0 Å². The normalized spacial score (nSPS) is 9.73. The fourth-order valence-corrected chi connectivity index (χ4v) is 0.587. The van der Waals surface area contributed by atoms with Crippen molar-refractivity contribution < 1.29 is 13.6 Å². The molecule has 0 aromatic carbocycles. The van der Waals surface area contributed by atoms with Gasteiger partial charge in [0.15, 0.2) is 0 Å². The third kappa shape index (κ3) is 1.91. The summed E-state index contributed by atoms with van der Waals surface area (Å²) >= 11 is 4.88. The van der Waals surface area contributed by atoms with Crippen molar-refractivity contribution in [3.05, 3.63) is 23.8 Å². The lowest BCUT2D eigenvalue weighted by molar-refractivity contribution is 0.107. The molecule has 0 fully saturated rings. The van der Waals surface area contributed by atoms with Gasteiger partial charge in [-0.2, -0.15) is 18.7 Å². The molecule has 1 aromatic rings. The summed E-state index contributed by atoms with van der Waals surface area (Å²) in [6.45, 7) is 0. The van der Waals surface area contributed by atoms with Crippen molar-refractivity contribution in [2.24, 2.45) is 0 Å². The van der Waals surface area contributed by atoms with E-state index < -0.39 is 23.0 Å². The van der Waals surface area contributed by atoms with E-state index in [9.17, 15) is 13.6 Å². The van der Waals surface area contributed by atoms with Crippen LogP contribution in [0.25, 0.3) is 0 Å². The van der Waals surface area contributed by atoms with Crippen LogP contribution in [0, 0.1) is 12.0 Å². The fourth-order valence-electron chi connectivity index (χ4n) is 0.491. The van der Waals surface area contributed by atoms with E-state index in [1.165, 1.54) is 0 Å². The van der Waals surface area contributed by atoms with Gasteiger partial charge in [0.05, 0.1) is 0 Å². The summed E-state index contributed by atoms with van der Waals surface area (Å²) in [5.74, 6) is -1.12. The first-order chi connectivity index (χ1) is 5.09. The molecule has 0 aliphatic heterocycles. The van der Waals surface area contributed by atoms with Gasteiger partial charge in [0.2, 0.25) is 5.95 Å². The van der Waals surface area contributed by atoms with E-state index in [-0.39, 0.29) is 0 Å². The van der Waals surface area contributed by atoms with E-state index >= 15 is 0 Å². The summed E-state index contributed by atoms with van der Waals surface area (Å²) in [7, 11) is 0. The topological polar surface area (TPSA) is 42.9 Å². The second-order valence-corrected chi connectivity index (χ2v) is 1.96. The Labute approximate surface area is 65.0 Å². The van der Waals surface area contributed by atoms with Gasteiger partial charge in [-0.25, -0.2) is 0 Å². The van der Waals surface area contributed by atoms with Crippen molar-refractivity contribution in [3.8, 4) is 0 Å². The molecule has 58 valence electrons. The Morgan fingerprint density at radius 2 is 2.09 bits per heavy atom. The van der Waals surface area contributed by atoms with Gasteiger partial charge in [-0.05, 0) is 11.6 Å². The maximum Gasteiger partial charge on any atom is 0.311 e. The number of rotatable bonds is 1. The van der Waals surface area contributed by atoms with Crippen molar-refractivity contribution in [2.45, 2.75) is 0 Å². The number of aromatic nitrogens is 2. The molecule has 0 aliphatic carbocycles. The highest BCUT2D eigenvalue weighted by molar-refractivity contribution is 6.67. The molecule has 1 rings (SSSR count). The zero-order chi connectivity index (χ0) is 8.43. The van der Waals surface area contributed by atoms with E-state index in [1.807, 2.05) is 0 Å². The molecule has 0 unspecified atom stereocenters. The quantitative estimate of drug-likeness (QED) is 0.368. The highest BCUT2D eigenvalue weighted by atomic mass is 35.5. The Morgan fingerprint density at radius 3 is 2.55 bits per heavy atom. The molecule has 0 N–H and O–H groups in total. The lowest BCUT2D eigenvalue weighted by Crippen LogP contribution is -2.01. The molecule has 0 amide bonds. The lowest BCUT2D eigenvalue weighted by atomic mass is 10.4. The zero-order valence-corrected chi connectivity index (χ0v) is 5.77. The van der Waals surface area contributed by atoms with Crippen LogP contribution >= 0.6 is 11.6 Å². The Bertz CT molecular complexity index is 284. The summed E-state index contributed by atoms with van der Waals surface area (Å²) in [5.41, 5.74) is -0.489. The molecule has 11 heavy (non-hydrogen) atoms. The molecule has 0 atom stereocenters. The minimum absolute atomic E-state index is 0.489. The number of carbonyl (C=O) groups excluding carboxylic acids is 1. The Balaban J connectivity index is 3.19. The fraction of sp³-hybridized carbons (Fsp3) is 0. The van der Waals surface area contributed by atoms with Crippen LogP contribution in [0.5, 0.6) is 0 Å². The zero-order valence-electron chi connectivity index (χ0n) is 5.01. The van der Waals surface area contributed by atoms with Crippen molar-refractivity contribution in [2.75, 3.05) is 0 Å². The highest BCUT2D eigenvalue weighted by Crippen LogP contribution is 2.02. The van der Waals surface area contributed by atoms with Crippen LogP contribution in [0.3, 0.4) is 0 Å². The van der Waals surface area contributed by atoms with Crippen molar-refractivity contribution in [1.29, 1.82) is 0 Å². The van der Waals surface area contributed by atoms with Gasteiger partial charge in [0.25, 0.3) is 5.24 Å². The summed E-state index contributed by atoms with van der Waals surface area (Å²) in [6, 6.07) is 0.651. The molecule has 0 saturated carbocycles. The number of carbonyl (C=O) groups is 1. The van der Waals surface area contributed by atoms with E-state index in [4.69, 9.17) is 11.6 Å². The van der Waals surface area contributed by atoms with Gasteiger partial charge < -0.3 is 0 Å². The lowest BCUT2D eigenvalue weighted by Gasteiger charge is -1.91. The average molecular weight is 179 g/mol. The average Bonchev–Trinajstić information content (AvgIpc) is 1.85. The maximum absolute atomic E-state index is 12.2. The molecule has 0 aliphatic rings. The van der Waals surface area contributed by atoms with E-state index in [0.29, 0.717) is 6.07 Å². The predicted molar refractivity (Wildman–Crippen MR) is 32.1 cm³/mol.